The van der Waals surface area contributed by atoms with Crippen LogP contribution in [-0.4, -0.2) is 48.0 Å². The number of rotatable bonds is 6. The molecule has 0 spiro atoms. The number of carbonyl (C=O) groups is 2. The fourth-order valence-corrected chi connectivity index (χ4v) is 1.72. The maximum atomic E-state index is 11.4. The summed E-state index contributed by atoms with van der Waals surface area (Å²) in [5, 5.41) is 2.50. The van der Waals surface area contributed by atoms with Crippen LogP contribution in [0.2, 0.25) is 0 Å². The van der Waals surface area contributed by atoms with Crippen molar-refractivity contribution in [3.8, 4) is 0 Å². The van der Waals surface area contributed by atoms with Gasteiger partial charge in [-0.3, -0.25) is 13.9 Å². The lowest BCUT2D eigenvalue weighted by molar-refractivity contribution is -0.124. The van der Waals surface area contributed by atoms with Crippen molar-refractivity contribution in [2.45, 2.75) is 6.42 Å². The second-order valence-corrected chi connectivity index (χ2v) is 4.66. The van der Waals surface area contributed by atoms with Gasteiger partial charge in [0.15, 0.2) is 0 Å². The molecule has 0 fully saturated rings. The molecule has 0 radical (unpaired) electrons. The van der Waals surface area contributed by atoms with Gasteiger partial charge in [-0.2, -0.15) is 11.8 Å². The molecule has 0 rings (SSSR count). The van der Waals surface area contributed by atoms with Gasteiger partial charge in [0, 0.05) is 26.3 Å². The van der Waals surface area contributed by atoms with E-state index < -0.39 is 0 Å². The Labute approximate surface area is 93.3 Å². The smallest absolute Gasteiger partial charge is 0.232 e. The molecule has 0 aliphatic heterocycles. The maximum Gasteiger partial charge on any atom is 0.232 e. The summed E-state index contributed by atoms with van der Waals surface area (Å²) < 4.78 is 1.52. The van der Waals surface area contributed by atoms with Gasteiger partial charge in [0.1, 0.15) is 0 Å². The topological polar surface area (TPSA) is 49.4 Å². The monoisotopic (exact) mass is 236 g/mol. The van der Waals surface area contributed by atoms with E-state index >= 15 is 0 Å². The molecule has 0 aromatic carbocycles. The van der Waals surface area contributed by atoms with Crippen molar-refractivity contribution < 1.29 is 9.59 Å². The number of thioether (sulfide) groups is 1. The van der Waals surface area contributed by atoms with Crippen molar-refractivity contribution in [3.63, 3.8) is 0 Å². The highest BCUT2D eigenvalue weighted by atomic mass is 32.2. The summed E-state index contributed by atoms with van der Waals surface area (Å²) in [4.78, 5) is 22.2. The van der Waals surface area contributed by atoms with E-state index in [0.29, 0.717) is 6.42 Å². The van der Waals surface area contributed by atoms with E-state index in [2.05, 4.69) is 5.32 Å². The molecule has 0 saturated carbocycles. The van der Waals surface area contributed by atoms with Gasteiger partial charge < -0.3 is 5.32 Å². The quantitative estimate of drug-likeness (QED) is 0.686. The molecule has 0 unspecified atom stereocenters. The van der Waals surface area contributed by atoms with Gasteiger partial charge in [-0.15, -0.1) is 0 Å². The normalized spacial score (nSPS) is 9.64. The molecule has 0 aliphatic carbocycles. The number of amides is 2. The third kappa shape index (κ3) is 6.15. The van der Waals surface area contributed by atoms with Gasteiger partial charge in [-0.05, 0) is 18.2 Å². The summed E-state index contributed by atoms with van der Waals surface area (Å²) in [6, 6.07) is 0. The van der Waals surface area contributed by atoms with Crippen LogP contribution in [0.25, 0.3) is 0 Å². The van der Waals surface area contributed by atoms with Gasteiger partial charge in [-0.1, -0.05) is 0 Å². The molecule has 2 amide bonds. The van der Waals surface area contributed by atoms with Crippen molar-refractivity contribution in [2.75, 3.05) is 31.9 Å². The minimum absolute atomic E-state index is 0.0632. The standard InChI is InChI=1S/C8H16N2O2S2/c1-9-7(11)6-14-10(2)8(12)4-5-13-3/h4-6H2,1-3H3,(H,9,11). The second kappa shape index (κ2) is 7.99. The van der Waals surface area contributed by atoms with E-state index in [0.717, 1.165) is 5.75 Å². The third-order valence-electron chi connectivity index (χ3n) is 1.54. The van der Waals surface area contributed by atoms with Crippen LogP contribution in [0.3, 0.4) is 0 Å². The van der Waals surface area contributed by atoms with Crippen molar-refractivity contribution in [1.29, 1.82) is 0 Å². The zero-order valence-corrected chi connectivity index (χ0v) is 10.3. The summed E-state index contributed by atoms with van der Waals surface area (Å²) in [7, 11) is 3.27. The van der Waals surface area contributed by atoms with Crippen LogP contribution in [0.1, 0.15) is 6.42 Å². The second-order valence-electron chi connectivity index (χ2n) is 2.58. The van der Waals surface area contributed by atoms with Crippen LogP contribution in [0, 0.1) is 0 Å². The Morgan fingerprint density at radius 3 is 2.57 bits per heavy atom. The molecule has 0 aliphatic rings. The number of nitrogens with zero attached hydrogens (tertiary/aromatic N) is 1. The molecule has 0 aromatic rings. The largest absolute Gasteiger partial charge is 0.358 e. The van der Waals surface area contributed by atoms with Gasteiger partial charge in [0.2, 0.25) is 11.8 Å². The van der Waals surface area contributed by atoms with Crippen LogP contribution in [0.4, 0.5) is 0 Å². The lowest BCUT2D eigenvalue weighted by Crippen LogP contribution is -2.26. The molecule has 0 atom stereocenters. The molecule has 0 bridgehead atoms. The van der Waals surface area contributed by atoms with Crippen LogP contribution in [-0.2, 0) is 9.59 Å². The fourth-order valence-electron chi connectivity index (χ4n) is 0.646. The lowest BCUT2D eigenvalue weighted by Gasteiger charge is -2.14. The Balaban J connectivity index is 3.66. The molecule has 0 saturated heterocycles. The predicted molar refractivity (Wildman–Crippen MR) is 62.3 cm³/mol. The summed E-state index contributed by atoms with van der Waals surface area (Å²) in [6.07, 6.45) is 2.49. The third-order valence-corrected chi connectivity index (χ3v) is 3.13. The zero-order chi connectivity index (χ0) is 11.0. The van der Waals surface area contributed by atoms with Crippen molar-refractivity contribution >= 4 is 35.5 Å². The van der Waals surface area contributed by atoms with Crippen LogP contribution in [0.5, 0.6) is 0 Å². The molecule has 0 heterocycles. The highest BCUT2D eigenvalue weighted by Gasteiger charge is 2.10. The Morgan fingerprint density at radius 2 is 2.07 bits per heavy atom. The van der Waals surface area contributed by atoms with E-state index in [9.17, 15) is 9.59 Å². The van der Waals surface area contributed by atoms with E-state index in [-0.39, 0.29) is 17.6 Å². The number of hydrogen-bond donors (Lipinski definition) is 1. The number of hydrogen-bond acceptors (Lipinski definition) is 4. The molecule has 14 heavy (non-hydrogen) atoms. The predicted octanol–water partition coefficient (Wildman–Crippen LogP) is 0.592. The maximum absolute atomic E-state index is 11.4. The first kappa shape index (κ1) is 13.6. The average molecular weight is 236 g/mol. The van der Waals surface area contributed by atoms with E-state index in [4.69, 9.17) is 0 Å². The van der Waals surface area contributed by atoms with Gasteiger partial charge in [0.25, 0.3) is 0 Å². The van der Waals surface area contributed by atoms with Gasteiger partial charge in [0.05, 0.1) is 5.75 Å². The first-order valence-corrected chi connectivity index (χ1v) is 6.54. The lowest BCUT2D eigenvalue weighted by atomic mass is 10.5. The highest BCUT2D eigenvalue weighted by Crippen LogP contribution is 2.09. The Hall–Kier alpha value is -0.360. The summed E-state index contributed by atoms with van der Waals surface area (Å²) >= 11 is 2.87. The SMILES string of the molecule is CNC(=O)CSN(C)C(=O)CCSC. The van der Waals surface area contributed by atoms with E-state index in [1.54, 1.807) is 25.9 Å². The minimum atomic E-state index is -0.0699. The summed E-state index contributed by atoms with van der Waals surface area (Å²) in [6.45, 7) is 0. The molecule has 1 N–H and O–H groups in total. The summed E-state index contributed by atoms with van der Waals surface area (Å²) in [5.41, 5.74) is 0. The van der Waals surface area contributed by atoms with Gasteiger partial charge >= 0.3 is 0 Å². The Kier molecular flexibility index (Phi) is 7.78. The van der Waals surface area contributed by atoms with E-state index in [1.807, 2.05) is 6.26 Å². The molecule has 4 nitrogen and oxygen atoms in total. The van der Waals surface area contributed by atoms with Crippen LogP contribution >= 0.6 is 23.7 Å². The molecular weight excluding hydrogens is 220 g/mol. The highest BCUT2D eigenvalue weighted by molar-refractivity contribution is 7.98. The number of carbonyl (C=O) groups excluding carboxylic acids is 2. The van der Waals surface area contributed by atoms with Crippen LogP contribution in [0.15, 0.2) is 0 Å². The fraction of sp³-hybridized carbons (Fsp3) is 0.750. The minimum Gasteiger partial charge on any atom is -0.358 e. The van der Waals surface area contributed by atoms with E-state index in [1.165, 1.54) is 16.3 Å². The molecule has 6 heteroatoms. The molecule has 0 aromatic heterocycles. The first-order valence-electron chi connectivity index (χ1n) is 4.20. The van der Waals surface area contributed by atoms with Gasteiger partial charge in [-0.25, -0.2) is 0 Å². The number of nitrogens with one attached hydrogen (secondary N) is 1. The van der Waals surface area contributed by atoms with Crippen molar-refractivity contribution in [3.05, 3.63) is 0 Å². The molecule has 82 valence electrons. The zero-order valence-electron chi connectivity index (χ0n) is 8.70. The Morgan fingerprint density at radius 1 is 1.43 bits per heavy atom. The molecular formula is C8H16N2O2S2. The van der Waals surface area contributed by atoms with Crippen molar-refractivity contribution in [2.24, 2.45) is 0 Å². The first-order chi connectivity index (χ1) is 6.61. The Bertz CT molecular complexity index is 200. The average Bonchev–Trinajstić information content (AvgIpc) is 2.21. The van der Waals surface area contributed by atoms with Crippen molar-refractivity contribution in [1.82, 2.24) is 9.62 Å². The van der Waals surface area contributed by atoms with Crippen LogP contribution < -0.4 is 5.32 Å². The summed E-state index contributed by atoms with van der Waals surface area (Å²) in [5.74, 6) is 1.11.